The number of esters is 1. The Morgan fingerprint density at radius 1 is 1.23 bits per heavy atom. The fourth-order valence-corrected chi connectivity index (χ4v) is 3.68. The van der Waals surface area contributed by atoms with Gasteiger partial charge in [0.1, 0.15) is 17.8 Å². The van der Waals surface area contributed by atoms with Gasteiger partial charge >= 0.3 is 5.97 Å². The fraction of sp³-hybridized carbons (Fsp3) is 0.524. The molecule has 140 valence electrons. The number of hydrogen-bond donors (Lipinski definition) is 0. The number of rotatable bonds is 2. The lowest BCUT2D eigenvalue weighted by Crippen LogP contribution is -2.28. The first kappa shape index (κ1) is 18.9. The van der Waals surface area contributed by atoms with Crippen LogP contribution in [0.4, 0.5) is 0 Å². The Kier molecular flexibility index (Phi) is 4.63. The van der Waals surface area contributed by atoms with E-state index in [1.54, 1.807) is 0 Å². The molecule has 0 unspecified atom stereocenters. The molecule has 26 heavy (non-hydrogen) atoms. The summed E-state index contributed by atoms with van der Waals surface area (Å²) in [4.78, 5) is 12.5. The van der Waals surface area contributed by atoms with Gasteiger partial charge in [0, 0.05) is 17.3 Å². The summed E-state index contributed by atoms with van der Waals surface area (Å²) in [6.45, 7) is 12.9. The maximum absolute atomic E-state index is 12.5. The lowest BCUT2D eigenvalue weighted by molar-refractivity contribution is -0.155. The number of thiocarbonyl (C=S) groups is 1. The first-order valence-electron chi connectivity index (χ1n) is 9.02. The molecule has 0 radical (unpaired) electrons. The summed E-state index contributed by atoms with van der Waals surface area (Å²) in [5.41, 5.74) is 3.82. The van der Waals surface area contributed by atoms with Gasteiger partial charge in [0.05, 0.1) is 6.61 Å². The van der Waals surface area contributed by atoms with E-state index in [0.717, 1.165) is 23.0 Å². The molecule has 5 heteroatoms. The van der Waals surface area contributed by atoms with Gasteiger partial charge in [-0.25, -0.2) is 0 Å². The van der Waals surface area contributed by atoms with Crippen molar-refractivity contribution >= 4 is 34.1 Å². The molecule has 0 spiro atoms. The molecule has 1 aliphatic heterocycles. The second kappa shape index (κ2) is 6.38. The second-order valence-electron chi connectivity index (χ2n) is 8.87. The first-order valence-corrected chi connectivity index (χ1v) is 9.43. The summed E-state index contributed by atoms with van der Waals surface area (Å²) in [5, 5.41) is 1.62. The van der Waals surface area contributed by atoms with Gasteiger partial charge in [-0.2, -0.15) is 0 Å². The predicted octanol–water partition coefficient (Wildman–Crippen LogP) is 4.53. The van der Waals surface area contributed by atoms with Crippen molar-refractivity contribution < 1.29 is 14.3 Å². The molecule has 0 N–H and O–H groups in total. The maximum atomic E-state index is 12.5. The van der Waals surface area contributed by atoms with E-state index >= 15 is 0 Å². The highest BCUT2D eigenvalue weighted by Gasteiger charge is 2.28. The Hall–Kier alpha value is -1.88. The van der Waals surface area contributed by atoms with Gasteiger partial charge < -0.3 is 14.0 Å². The Balaban J connectivity index is 2.14. The van der Waals surface area contributed by atoms with Crippen LogP contribution in [0, 0.1) is 0 Å². The van der Waals surface area contributed by atoms with Crippen molar-refractivity contribution in [2.45, 2.75) is 65.5 Å². The second-order valence-corrected chi connectivity index (χ2v) is 9.24. The molecule has 0 bridgehead atoms. The van der Waals surface area contributed by atoms with Crippen molar-refractivity contribution in [3.05, 3.63) is 35.0 Å². The van der Waals surface area contributed by atoms with Crippen molar-refractivity contribution in [3.8, 4) is 0 Å². The van der Waals surface area contributed by atoms with E-state index in [1.807, 2.05) is 25.3 Å². The van der Waals surface area contributed by atoms with Gasteiger partial charge in [0.15, 0.2) is 0 Å². The molecule has 0 aliphatic carbocycles. The normalized spacial score (nSPS) is 14.9. The molecule has 3 rings (SSSR count). The molecule has 2 heterocycles. The van der Waals surface area contributed by atoms with Gasteiger partial charge in [-0.3, -0.25) is 4.79 Å². The van der Waals surface area contributed by atoms with E-state index in [4.69, 9.17) is 21.7 Å². The molecule has 4 nitrogen and oxygen atoms in total. The zero-order chi connectivity index (χ0) is 19.3. The third-order valence-electron chi connectivity index (χ3n) is 4.52. The summed E-state index contributed by atoms with van der Waals surface area (Å²) in [6, 6.07) is 6.44. The van der Waals surface area contributed by atoms with E-state index in [1.165, 1.54) is 11.1 Å². The minimum Gasteiger partial charge on any atom is -0.481 e. The van der Waals surface area contributed by atoms with Crippen LogP contribution < -0.4 is 0 Å². The summed E-state index contributed by atoms with van der Waals surface area (Å²) >= 11 is 5.46. The van der Waals surface area contributed by atoms with Gasteiger partial charge in [0.2, 0.25) is 5.05 Å². The van der Waals surface area contributed by atoms with Crippen molar-refractivity contribution in [3.63, 3.8) is 0 Å². The van der Waals surface area contributed by atoms with Crippen LogP contribution in [0.2, 0.25) is 0 Å². The molecule has 1 aromatic carbocycles. The molecular formula is C21H27NO3S. The number of ether oxygens (including phenoxy) is 2. The lowest BCUT2D eigenvalue weighted by Gasteiger charge is -2.21. The number of carbonyl (C=O) groups excluding carboxylic acids is 1. The largest absolute Gasteiger partial charge is 0.481 e. The Morgan fingerprint density at radius 3 is 2.54 bits per heavy atom. The summed E-state index contributed by atoms with van der Waals surface area (Å²) in [6.07, 6.45) is 0.793. The molecule has 2 aromatic rings. The average molecular weight is 374 g/mol. The standard InChI is InChI=1S/C21H27NO3S/c1-20(2,3)13-7-8-16-15(11-13)14-9-10-24-19(26)18(14)22(16)12-17(23)25-21(4,5)6/h7-8,11H,9-10,12H2,1-6H3. The Morgan fingerprint density at radius 2 is 1.92 bits per heavy atom. The zero-order valence-electron chi connectivity index (χ0n) is 16.4. The highest BCUT2D eigenvalue weighted by molar-refractivity contribution is 7.80. The van der Waals surface area contributed by atoms with Gasteiger partial charge in [0.25, 0.3) is 0 Å². The van der Waals surface area contributed by atoms with Gasteiger partial charge in [-0.05, 0) is 61.7 Å². The van der Waals surface area contributed by atoms with Crippen LogP contribution in [0.3, 0.4) is 0 Å². The van der Waals surface area contributed by atoms with Crippen molar-refractivity contribution in [1.82, 2.24) is 4.57 Å². The lowest BCUT2D eigenvalue weighted by atomic mass is 9.86. The van der Waals surface area contributed by atoms with Crippen LogP contribution in [-0.4, -0.2) is 27.8 Å². The number of carbonyl (C=O) groups is 1. The van der Waals surface area contributed by atoms with E-state index in [0.29, 0.717) is 11.7 Å². The molecule has 0 atom stereocenters. The minimum atomic E-state index is -0.517. The van der Waals surface area contributed by atoms with Crippen molar-refractivity contribution in [1.29, 1.82) is 0 Å². The van der Waals surface area contributed by atoms with E-state index < -0.39 is 5.60 Å². The van der Waals surface area contributed by atoms with Crippen molar-refractivity contribution in [2.75, 3.05) is 6.61 Å². The summed E-state index contributed by atoms with van der Waals surface area (Å²) < 4.78 is 13.1. The molecule has 0 saturated heterocycles. The number of fused-ring (bicyclic) bond motifs is 3. The first-order chi connectivity index (χ1) is 12.0. The van der Waals surface area contributed by atoms with Crippen molar-refractivity contribution in [2.24, 2.45) is 0 Å². The number of aromatic nitrogens is 1. The number of benzene rings is 1. The number of nitrogens with zero attached hydrogens (tertiary/aromatic N) is 1. The Bertz CT molecular complexity index is 881. The van der Waals surface area contributed by atoms with Crippen LogP contribution in [0.1, 0.15) is 58.4 Å². The Labute approximate surface area is 160 Å². The highest BCUT2D eigenvalue weighted by atomic mass is 32.1. The third-order valence-corrected chi connectivity index (χ3v) is 4.83. The molecule has 0 amide bonds. The molecule has 1 aliphatic rings. The van der Waals surface area contributed by atoms with Crippen LogP contribution in [0.5, 0.6) is 0 Å². The maximum Gasteiger partial charge on any atom is 0.326 e. The van der Waals surface area contributed by atoms with E-state index in [-0.39, 0.29) is 17.9 Å². The SMILES string of the molecule is CC(C)(C)OC(=O)Cn1c2c(c3cc(C(C)(C)C)ccc31)CCOC2=S. The predicted molar refractivity (Wildman–Crippen MR) is 108 cm³/mol. The molecular weight excluding hydrogens is 346 g/mol. The van der Waals surface area contributed by atoms with Crippen LogP contribution in [0.25, 0.3) is 10.9 Å². The molecule has 0 fully saturated rings. The average Bonchev–Trinajstić information content (AvgIpc) is 2.79. The number of hydrogen-bond acceptors (Lipinski definition) is 4. The zero-order valence-corrected chi connectivity index (χ0v) is 17.3. The molecule has 0 saturated carbocycles. The van der Waals surface area contributed by atoms with Gasteiger partial charge in [-0.1, -0.05) is 26.8 Å². The monoisotopic (exact) mass is 373 g/mol. The van der Waals surface area contributed by atoms with Crippen LogP contribution in [-0.2, 0) is 32.6 Å². The fourth-order valence-electron chi connectivity index (χ4n) is 3.36. The summed E-state index contributed by atoms with van der Waals surface area (Å²) in [7, 11) is 0. The smallest absolute Gasteiger partial charge is 0.326 e. The highest BCUT2D eigenvalue weighted by Crippen LogP contribution is 2.34. The van der Waals surface area contributed by atoms with E-state index in [9.17, 15) is 4.79 Å². The quantitative estimate of drug-likeness (QED) is 0.573. The van der Waals surface area contributed by atoms with Gasteiger partial charge in [-0.15, -0.1) is 0 Å². The topological polar surface area (TPSA) is 40.5 Å². The minimum absolute atomic E-state index is 0.0556. The van der Waals surface area contributed by atoms with Crippen LogP contribution in [0.15, 0.2) is 18.2 Å². The summed E-state index contributed by atoms with van der Waals surface area (Å²) in [5.74, 6) is -0.273. The molecule has 1 aromatic heterocycles. The van der Waals surface area contributed by atoms with E-state index in [2.05, 4.69) is 39.0 Å². The third kappa shape index (κ3) is 3.63. The van der Waals surface area contributed by atoms with Crippen LogP contribution >= 0.6 is 12.2 Å².